The van der Waals surface area contributed by atoms with E-state index in [1.54, 1.807) is 0 Å². The van der Waals surface area contributed by atoms with Gasteiger partial charge in [0, 0.05) is 82.0 Å². The Morgan fingerprint density at radius 1 is 1.07 bits per heavy atom. The minimum atomic E-state index is 0.248. The van der Waals surface area contributed by atoms with Gasteiger partial charge in [-0.1, -0.05) is 17.7 Å². The van der Waals surface area contributed by atoms with Crippen LogP contribution in [0.25, 0.3) is 0 Å². The highest BCUT2D eigenvalue weighted by molar-refractivity contribution is 6.30. The number of hydrogen-bond acceptors (Lipinski definition) is 4. The van der Waals surface area contributed by atoms with Crippen LogP contribution in [-0.2, 0) is 9.59 Å². The number of benzene rings is 1. The van der Waals surface area contributed by atoms with Crippen LogP contribution in [0.2, 0.25) is 5.02 Å². The summed E-state index contributed by atoms with van der Waals surface area (Å²) in [7, 11) is 0. The third-order valence-corrected chi connectivity index (χ3v) is 6.98. The van der Waals surface area contributed by atoms with E-state index < -0.39 is 0 Å². The van der Waals surface area contributed by atoms with Gasteiger partial charge in [-0.15, -0.1) is 0 Å². The molecule has 1 aromatic carbocycles. The highest BCUT2D eigenvalue weighted by Crippen LogP contribution is 2.23. The fraction of sp³-hybridized carbons (Fsp3) is 0.652. The Morgan fingerprint density at radius 3 is 2.63 bits per heavy atom. The molecule has 3 aliphatic heterocycles. The van der Waals surface area contributed by atoms with Crippen LogP contribution in [0.1, 0.15) is 38.5 Å². The Balaban J connectivity index is 1.22. The molecule has 1 aromatic rings. The number of hydrogen-bond donors (Lipinski definition) is 0. The topological polar surface area (TPSA) is 47.1 Å². The Hall–Kier alpha value is -1.79. The maximum Gasteiger partial charge on any atom is 0.222 e. The van der Waals surface area contributed by atoms with Crippen molar-refractivity contribution in [3.8, 4) is 0 Å². The summed E-state index contributed by atoms with van der Waals surface area (Å²) in [5.41, 5.74) is 1.19. The second-order valence-corrected chi connectivity index (χ2v) is 9.16. The number of amides is 2. The molecule has 0 spiro atoms. The first-order chi connectivity index (χ1) is 14.6. The zero-order valence-electron chi connectivity index (χ0n) is 17.8. The summed E-state index contributed by atoms with van der Waals surface area (Å²) in [6.07, 6.45) is 5.22. The molecule has 4 rings (SSSR count). The number of piperazine rings is 1. The first-order valence-electron chi connectivity index (χ1n) is 11.4. The summed E-state index contributed by atoms with van der Waals surface area (Å²) in [5, 5.41) is 0.783. The largest absolute Gasteiger partial charge is 0.369 e. The number of rotatable bonds is 6. The Bertz CT molecular complexity index is 750. The predicted octanol–water partition coefficient (Wildman–Crippen LogP) is 2.86. The van der Waals surface area contributed by atoms with Crippen molar-refractivity contribution in [2.45, 2.75) is 44.6 Å². The number of halogens is 1. The van der Waals surface area contributed by atoms with Gasteiger partial charge in [0.25, 0.3) is 0 Å². The Labute approximate surface area is 184 Å². The van der Waals surface area contributed by atoms with Crippen LogP contribution in [0, 0.1) is 0 Å². The molecule has 0 aromatic heterocycles. The van der Waals surface area contributed by atoms with Crippen molar-refractivity contribution in [3.05, 3.63) is 29.3 Å². The van der Waals surface area contributed by atoms with Crippen molar-refractivity contribution in [1.82, 2.24) is 14.7 Å². The summed E-state index contributed by atoms with van der Waals surface area (Å²) < 4.78 is 0. The number of piperidine rings is 1. The molecule has 3 saturated heterocycles. The molecule has 2 amide bonds. The molecule has 0 unspecified atom stereocenters. The smallest absolute Gasteiger partial charge is 0.222 e. The summed E-state index contributed by atoms with van der Waals surface area (Å²) in [6, 6.07) is 8.54. The van der Waals surface area contributed by atoms with Crippen LogP contribution in [0.15, 0.2) is 24.3 Å². The zero-order chi connectivity index (χ0) is 20.9. The van der Waals surface area contributed by atoms with E-state index in [2.05, 4.69) is 20.8 Å². The molecule has 0 aliphatic carbocycles. The molecule has 0 radical (unpaired) electrons. The fourth-order valence-electron chi connectivity index (χ4n) is 5.02. The zero-order valence-corrected chi connectivity index (χ0v) is 18.5. The molecular formula is C23H33ClN4O2. The van der Waals surface area contributed by atoms with Gasteiger partial charge < -0.3 is 14.7 Å². The standard InChI is InChI=1S/C23H33ClN4O2/c24-19-5-1-6-20(17-19)25-13-15-26(16-14-25)21-7-2-12-28(18-21)23(30)9-4-11-27-10-3-8-22(27)29/h1,5-6,17,21H,2-4,7-16,18H2/t21-/m0/s1. The summed E-state index contributed by atoms with van der Waals surface area (Å²) in [6.45, 7) is 7.35. The molecule has 0 N–H and O–H groups in total. The molecule has 3 aliphatic rings. The fourth-order valence-corrected chi connectivity index (χ4v) is 5.20. The van der Waals surface area contributed by atoms with E-state index in [-0.39, 0.29) is 11.8 Å². The van der Waals surface area contributed by atoms with E-state index in [0.717, 1.165) is 76.6 Å². The Morgan fingerprint density at radius 2 is 1.90 bits per heavy atom. The molecule has 1 atom stereocenters. The molecule has 30 heavy (non-hydrogen) atoms. The van der Waals surface area contributed by atoms with E-state index in [1.807, 2.05) is 23.1 Å². The van der Waals surface area contributed by atoms with Crippen LogP contribution in [0.4, 0.5) is 5.69 Å². The SMILES string of the molecule is O=C1CCCN1CCCC(=O)N1CCC[C@H](N2CCN(c3cccc(Cl)c3)CC2)C1. The van der Waals surface area contributed by atoms with Gasteiger partial charge in [-0.3, -0.25) is 14.5 Å². The number of carbonyl (C=O) groups is 2. The number of carbonyl (C=O) groups excluding carboxylic acids is 2. The predicted molar refractivity (Wildman–Crippen MR) is 120 cm³/mol. The van der Waals surface area contributed by atoms with Crippen LogP contribution >= 0.6 is 11.6 Å². The van der Waals surface area contributed by atoms with Gasteiger partial charge in [-0.2, -0.15) is 0 Å². The molecule has 3 heterocycles. The summed E-state index contributed by atoms with van der Waals surface area (Å²) in [4.78, 5) is 33.4. The van der Waals surface area contributed by atoms with E-state index in [9.17, 15) is 9.59 Å². The minimum absolute atomic E-state index is 0.248. The molecule has 0 saturated carbocycles. The van der Waals surface area contributed by atoms with Crippen molar-refractivity contribution in [3.63, 3.8) is 0 Å². The van der Waals surface area contributed by atoms with Gasteiger partial charge in [0.15, 0.2) is 0 Å². The van der Waals surface area contributed by atoms with Gasteiger partial charge in [0.1, 0.15) is 0 Å². The van der Waals surface area contributed by atoms with Crippen LogP contribution in [0.5, 0.6) is 0 Å². The molecule has 164 valence electrons. The lowest BCUT2D eigenvalue weighted by Gasteiger charge is -2.44. The minimum Gasteiger partial charge on any atom is -0.369 e. The van der Waals surface area contributed by atoms with Gasteiger partial charge in [-0.05, 0) is 43.9 Å². The third-order valence-electron chi connectivity index (χ3n) is 6.74. The van der Waals surface area contributed by atoms with Crippen molar-refractivity contribution in [2.75, 3.05) is 57.3 Å². The van der Waals surface area contributed by atoms with Gasteiger partial charge in [0.05, 0.1) is 0 Å². The Kier molecular flexibility index (Phi) is 7.16. The lowest BCUT2D eigenvalue weighted by Crippen LogP contribution is -2.55. The summed E-state index contributed by atoms with van der Waals surface area (Å²) in [5.74, 6) is 0.501. The van der Waals surface area contributed by atoms with Crippen LogP contribution in [0.3, 0.4) is 0 Å². The average molecular weight is 433 g/mol. The van der Waals surface area contributed by atoms with Crippen molar-refractivity contribution in [2.24, 2.45) is 0 Å². The normalized spacial score (nSPS) is 23.3. The first-order valence-corrected chi connectivity index (χ1v) is 11.8. The van der Waals surface area contributed by atoms with Gasteiger partial charge in [-0.25, -0.2) is 0 Å². The molecule has 0 bridgehead atoms. The average Bonchev–Trinajstić information content (AvgIpc) is 3.18. The van der Waals surface area contributed by atoms with Gasteiger partial charge >= 0.3 is 0 Å². The van der Waals surface area contributed by atoms with Crippen LogP contribution in [-0.4, -0.2) is 84.9 Å². The maximum atomic E-state index is 12.7. The molecular weight excluding hydrogens is 400 g/mol. The van der Waals surface area contributed by atoms with Crippen molar-refractivity contribution in [1.29, 1.82) is 0 Å². The second-order valence-electron chi connectivity index (χ2n) is 8.73. The van der Waals surface area contributed by atoms with Crippen molar-refractivity contribution < 1.29 is 9.59 Å². The highest BCUT2D eigenvalue weighted by Gasteiger charge is 2.30. The molecule has 6 nitrogen and oxygen atoms in total. The van der Waals surface area contributed by atoms with E-state index in [1.165, 1.54) is 12.1 Å². The number of anilines is 1. The van der Waals surface area contributed by atoms with E-state index in [4.69, 9.17) is 11.6 Å². The highest BCUT2D eigenvalue weighted by atomic mass is 35.5. The van der Waals surface area contributed by atoms with E-state index in [0.29, 0.717) is 18.9 Å². The monoisotopic (exact) mass is 432 g/mol. The molecule has 3 fully saturated rings. The first kappa shape index (κ1) is 21.4. The maximum absolute atomic E-state index is 12.7. The second kappa shape index (κ2) is 10.0. The number of likely N-dealkylation sites (tertiary alicyclic amines) is 2. The quantitative estimate of drug-likeness (QED) is 0.693. The van der Waals surface area contributed by atoms with Crippen molar-refractivity contribution >= 4 is 29.1 Å². The lowest BCUT2D eigenvalue weighted by atomic mass is 10.0. The van der Waals surface area contributed by atoms with Gasteiger partial charge in [0.2, 0.25) is 11.8 Å². The lowest BCUT2D eigenvalue weighted by molar-refractivity contribution is -0.134. The van der Waals surface area contributed by atoms with E-state index >= 15 is 0 Å². The summed E-state index contributed by atoms with van der Waals surface area (Å²) >= 11 is 6.15. The van der Waals surface area contributed by atoms with Crippen LogP contribution < -0.4 is 4.90 Å². The third kappa shape index (κ3) is 5.27. The molecule has 7 heteroatoms. The number of nitrogens with zero attached hydrogens (tertiary/aromatic N) is 4.